The maximum absolute atomic E-state index is 12.1. The van der Waals surface area contributed by atoms with Crippen molar-refractivity contribution in [3.05, 3.63) is 29.8 Å². The lowest BCUT2D eigenvalue weighted by Crippen LogP contribution is -2.39. The van der Waals surface area contributed by atoms with Crippen molar-refractivity contribution >= 4 is 12.0 Å². The number of carbonyl (C=O) groups is 1. The van der Waals surface area contributed by atoms with E-state index < -0.39 is 0 Å². The molecule has 2 N–H and O–H groups in total. The van der Waals surface area contributed by atoms with E-state index in [-0.39, 0.29) is 18.1 Å². The van der Waals surface area contributed by atoms with Crippen LogP contribution in [0.15, 0.2) is 24.3 Å². The monoisotopic (exact) mass is 290 g/mol. The van der Waals surface area contributed by atoms with Crippen molar-refractivity contribution in [3.63, 3.8) is 0 Å². The van der Waals surface area contributed by atoms with E-state index in [0.717, 1.165) is 11.3 Å². The Labute approximate surface area is 125 Å². The fraction of sp³-hybridized carbons (Fsp3) is 0.438. The zero-order chi connectivity index (χ0) is 15.5. The van der Waals surface area contributed by atoms with E-state index in [1.54, 1.807) is 24.1 Å². The van der Waals surface area contributed by atoms with Crippen molar-refractivity contribution in [1.29, 1.82) is 0 Å². The number of amides is 1. The molecule has 0 saturated carbocycles. The number of benzene rings is 1. The normalized spacial score (nSPS) is 13.7. The number of fused-ring (bicyclic) bond motifs is 1. The molecule has 0 fully saturated rings. The second kappa shape index (κ2) is 6.18. The molecule has 0 aliphatic carbocycles. The van der Waals surface area contributed by atoms with Gasteiger partial charge in [0.05, 0.1) is 0 Å². The Morgan fingerprint density at radius 2 is 2.10 bits per heavy atom. The minimum absolute atomic E-state index is 0.0470. The van der Waals surface area contributed by atoms with Crippen LogP contribution in [-0.4, -0.2) is 37.7 Å². The van der Waals surface area contributed by atoms with Gasteiger partial charge in [0.1, 0.15) is 0 Å². The van der Waals surface area contributed by atoms with Gasteiger partial charge in [0.15, 0.2) is 11.5 Å². The summed E-state index contributed by atoms with van der Waals surface area (Å²) in [4.78, 5) is 13.8. The molecule has 1 aliphatic rings. The number of nitrogens with two attached hydrogens (primary N) is 1. The maximum atomic E-state index is 12.1. The number of hydrogen-bond acceptors (Lipinski definition) is 4. The van der Waals surface area contributed by atoms with Crippen molar-refractivity contribution in [2.75, 3.05) is 26.9 Å². The first-order valence-electron chi connectivity index (χ1n) is 6.94. The van der Waals surface area contributed by atoms with Crippen molar-refractivity contribution in [2.24, 2.45) is 11.1 Å². The quantitative estimate of drug-likeness (QED) is 0.841. The molecule has 0 bridgehead atoms. The molecular formula is C16H22N2O3. The third-order valence-electron chi connectivity index (χ3n) is 3.41. The molecule has 0 spiro atoms. The van der Waals surface area contributed by atoms with Crippen LogP contribution in [0.25, 0.3) is 6.08 Å². The SMILES string of the molecule is CN(CC(C)(C)CN)C(=O)C=Cc1ccc2c(c1)OCO2. The van der Waals surface area contributed by atoms with Gasteiger partial charge >= 0.3 is 0 Å². The fourth-order valence-electron chi connectivity index (χ4n) is 2.10. The fourth-order valence-corrected chi connectivity index (χ4v) is 2.10. The van der Waals surface area contributed by atoms with Gasteiger partial charge in [-0.2, -0.15) is 0 Å². The summed E-state index contributed by atoms with van der Waals surface area (Å²) < 4.78 is 10.6. The molecule has 1 amide bonds. The Hall–Kier alpha value is -2.01. The summed E-state index contributed by atoms with van der Waals surface area (Å²) in [5, 5.41) is 0. The number of rotatable bonds is 5. The Morgan fingerprint density at radius 1 is 1.38 bits per heavy atom. The first-order chi connectivity index (χ1) is 9.91. The Morgan fingerprint density at radius 3 is 2.81 bits per heavy atom. The lowest BCUT2D eigenvalue weighted by atomic mass is 9.93. The predicted molar refractivity (Wildman–Crippen MR) is 82.1 cm³/mol. The molecule has 0 atom stereocenters. The second-order valence-corrected chi connectivity index (χ2v) is 6.01. The van der Waals surface area contributed by atoms with Crippen LogP contribution in [0.3, 0.4) is 0 Å². The lowest BCUT2D eigenvalue weighted by Gasteiger charge is -2.28. The number of ether oxygens (including phenoxy) is 2. The van der Waals surface area contributed by atoms with E-state index in [1.807, 2.05) is 32.0 Å². The van der Waals surface area contributed by atoms with Crippen LogP contribution in [0.1, 0.15) is 19.4 Å². The van der Waals surface area contributed by atoms with E-state index in [2.05, 4.69) is 0 Å². The van der Waals surface area contributed by atoms with E-state index in [0.29, 0.717) is 18.8 Å². The van der Waals surface area contributed by atoms with Gasteiger partial charge < -0.3 is 20.1 Å². The van der Waals surface area contributed by atoms with E-state index in [4.69, 9.17) is 15.2 Å². The first kappa shape index (κ1) is 15.4. The van der Waals surface area contributed by atoms with Gasteiger partial charge in [-0.25, -0.2) is 0 Å². The Balaban J connectivity index is 1.98. The molecule has 2 rings (SSSR count). The average molecular weight is 290 g/mol. The van der Waals surface area contributed by atoms with Crippen LogP contribution in [0, 0.1) is 5.41 Å². The first-order valence-corrected chi connectivity index (χ1v) is 6.94. The standard InChI is InChI=1S/C16H22N2O3/c1-16(2,9-17)10-18(3)15(19)7-5-12-4-6-13-14(8-12)21-11-20-13/h4-8H,9-11,17H2,1-3H3. The molecule has 0 radical (unpaired) electrons. The van der Waals surface area contributed by atoms with Gasteiger partial charge in [-0.1, -0.05) is 19.9 Å². The molecule has 1 aromatic carbocycles. The van der Waals surface area contributed by atoms with E-state index in [9.17, 15) is 4.79 Å². The van der Waals surface area contributed by atoms with Crippen LogP contribution in [0.4, 0.5) is 0 Å². The van der Waals surface area contributed by atoms with Crippen LogP contribution in [0.2, 0.25) is 0 Å². The minimum atomic E-state index is -0.0863. The molecule has 0 aromatic heterocycles. The summed E-state index contributed by atoms with van der Waals surface area (Å²) in [6, 6.07) is 5.59. The highest BCUT2D eigenvalue weighted by Gasteiger charge is 2.20. The molecule has 5 heteroatoms. The maximum Gasteiger partial charge on any atom is 0.246 e. The lowest BCUT2D eigenvalue weighted by molar-refractivity contribution is -0.125. The van der Waals surface area contributed by atoms with Crippen molar-refractivity contribution < 1.29 is 14.3 Å². The largest absolute Gasteiger partial charge is 0.454 e. The molecule has 0 saturated heterocycles. The van der Waals surface area contributed by atoms with Crippen molar-refractivity contribution in [3.8, 4) is 11.5 Å². The van der Waals surface area contributed by atoms with Crippen LogP contribution < -0.4 is 15.2 Å². The summed E-state index contributed by atoms with van der Waals surface area (Å²) in [5.41, 5.74) is 6.51. The Bertz CT molecular complexity index is 552. The van der Waals surface area contributed by atoms with Gasteiger partial charge in [-0.15, -0.1) is 0 Å². The van der Waals surface area contributed by atoms with Gasteiger partial charge in [0.2, 0.25) is 12.7 Å². The highest BCUT2D eigenvalue weighted by atomic mass is 16.7. The second-order valence-electron chi connectivity index (χ2n) is 6.01. The third kappa shape index (κ3) is 3.98. The van der Waals surface area contributed by atoms with Crippen LogP contribution in [-0.2, 0) is 4.79 Å². The predicted octanol–water partition coefficient (Wildman–Crippen LogP) is 1.87. The van der Waals surface area contributed by atoms with Crippen molar-refractivity contribution in [1.82, 2.24) is 4.90 Å². The zero-order valence-corrected chi connectivity index (χ0v) is 12.8. The van der Waals surface area contributed by atoms with E-state index in [1.165, 1.54) is 0 Å². The molecule has 5 nitrogen and oxygen atoms in total. The highest BCUT2D eigenvalue weighted by molar-refractivity contribution is 5.91. The van der Waals surface area contributed by atoms with Crippen LogP contribution in [0.5, 0.6) is 11.5 Å². The smallest absolute Gasteiger partial charge is 0.246 e. The van der Waals surface area contributed by atoms with E-state index >= 15 is 0 Å². The van der Waals surface area contributed by atoms with Gasteiger partial charge in [0, 0.05) is 19.7 Å². The zero-order valence-electron chi connectivity index (χ0n) is 12.8. The van der Waals surface area contributed by atoms with Gasteiger partial charge in [0.25, 0.3) is 0 Å². The molecule has 114 valence electrons. The number of likely N-dealkylation sites (N-methyl/N-ethyl adjacent to an activating group) is 1. The average Bonchev–Trinajstić information content (AvgIpc) is 2.91. The molecule has 21 heavy (non-hydrogen) atoms. The summed E-state index contributed by atoms with van der Waals surface area (Å²) >= 11 is 0. The molecule has 1 aromatic rings. The summed E-state index contributed by atoms with van der Waals surface area (Å²) in [6.07, 6.45) is 3.33. The minimum Gasteiger partial charge on any atom is -0.454 e. The molecule has 0 unspecified atom stereocenters. The number of nitrogens with zero attached hydrogens (tertiary/aromatic N) is 1. The van der Waals surface area contributed by atoms with Gasteiger partial charge in [-0.05, 0) is 35.7 Å². The number of hydrogen-bond donors (Lipinski definition) is 1. The highest BCUT2D eigenvalue weighted by Crippen LogP contribution is 2.32. The summed E-state index contributed by atoms with van der Waals surface area (Å²) in [6.45, 7) is 5.49. The van der Waals surface area contributed by atoms with Crippen LogP contribution >= 0.6 is 0 Å². The summed E-state index contributed by atoms with van der Waals surface area (Å²) in [7, 11) is 1.78. The topological polar surface area (TPSA) is 64.8 Å². The number of carbonyl (C=O) groups excluding carboxylic acids is 1. The molecule has 1 aliphatic heterocycles. The van der Waals surface area contributed by atoms with Crippen molar-refractivity contribution in [2.45, 2.75) is 13.8 Å². The molecular weight excluding hydrogens is 268 g/mol. The summed E-state index contributed by atoms with van der Waals surface area (Å²) in [5.74, 6) is 1.40. The third-order valence-corrected chi connectivity index (χ3v) is 3.41. The Kier molecular flexibility index (Phi) is 4.53. The van der Waals surface area contributed by atoms with Gasteiger partial charge in [-0.3, -0.25) is 4.79 Å². The molecule has 1 heterocycles.